The molecule has 1 aromatic carbocycles. The van der Waals surface area contributed by atoms with Crippen molar-refractivity contribution in [3.05, 3.63) is 24.0 Å². The van der Waals surface area contributed by atoms with Crippen molar-refractivity contribution in [1.29, 1.82) is 0 Å². The molecule has 0 saturated heterocycles. The topological polar surface area (TPSA) is 72.2 Å². The molecule has 0 amide bonds. The van der Waals surface area contributed by atoms with E-state index in [-0.39, 0.29) is 4.90 Å². The predicted octanol–water partition coefficient (Wildman–Crippen LogP) is 2.32. The second-order valence-electron chi connectivity index (χ2n) is 4.25. The number of hydrogen-bond donors (Lipinski definition) is 2. The van der Waals surface area contributed by atoms with Gasteiger partial charge in [0.15, 0.2) is 0 Å². The summed E-state index contributed by atoms with van der Waals surface area (Å²) in [5.74, 6) is -0.130. The Hall–Kier alpha value is -1.14. The molecule has 0 saturated carbocycles. The Bertz CT molecular complexity index is 499. The monoisotopic (exact) mass is 274 g/mol. The van der Waals surface area contributed by atoms with Crippen LogP contribution in [0, 0.1) is 11.7 Å². The van der Waals surface area contributed by atoms with E-state index >= 15 is 0 Å². The highest BCUT2D eigenvalue weighted by Crippen LogP contribution is 2.19. The Morgan fingerprint density at radius 3 is 2.39 bits per heavy atom. The summed E-state index contributed by atoms with van der Waals surface area (Å²) >= 11 is 0. The zero-order valence-electron chi connectivity index (χ0n) is 10.6. The fraction of sp³-hybridized carbons (Fsp3) is 0.500. The average molecular weight is 274 g/mol. The maximum Gasteiger partial charge on any atom is 0.238 e. The van der Waals surface area contributed by atoms with Crippen molar-refractivity contribution in [2.24, 2.45) is 11.1 Å². The maximum absolute atomic E-state index is 13.7. The first-order valence-electron chi connectivity index (χ1n) is 5.94. The minimum Gasteiger partial charge on any atom is -0.382 e. The lowest BCUT2D eigenvalue weighted by atomic mass is 10.0. The van der Waals surface area contributed by atoms with Gasteiger partial charge in [-0.25, -0.2) is 17.9 Å². The van der Waals surface area contributed by atoms with E-state index in [0.29, 0.717) is 18.2 Å². The molecular weight excluding hydrogens is 255 g/mol. The summed E-state index contributed by atoms with van der Waals surface area (Å²) in [4.78, 5) is -0.215. The normalized spacial score (nSPS) is 11.8. The summed E-state index contributed by atoms with van der Waals surface area (Å²) in [6.45, 7) is 4.82. The zero-order chi connectivity index (χ0) is 13.8. The van der Waals surface area contributed by atoms with Gasteiger partial charge in [-0.1, -0.05) is 26.7 Å². The van der Waals surface area contributed by atoms with Crippen LogP contribution in [0.1, 0.15) is 26.7 Å². The number of halogens is 1. The van der Waals surface area contributed by atoms with Crippen molar-refractivity contribution in [3.8, 4) is 0 Å². The third kappa shape index (κ3) is 3.96. The smallest absolute Gasteiger partial charge is 0.238 e. The molecule has 1 rings (SSSR count). The van der Waals surface area contributed by atoms with Crippen LogP contribution in [0.3, 0.4) is 0 Å². The minimum absolute atomic E-state index is 0.215. The van der Waals surface area contributed by atoms with Gasteiger partial charge in [0.1, 0.15) is 5.82 Å². The second kappa shape index (κ2) is 6.15. The number of hydrogen-bond acceptors (Lipinski definition) is 3. The lowest BCUT2D eigenvalue weighted by Gasteiger charge is -2.15. The average Bonchev–Trinajstić information content (AvgIpc) is 2.30. The number of sulfonamides is 1. The molecule has 0 spiro atoms. The van der Waals surface area contributed by atoms with Crippen LogP contribution in [0.25, 0.3) is 0 Å². The van der Waals surface area contributed by atoms with Crippen LogP contribution in [0.15, 0.2) is 23.1 Å². The number of anilines is 1. The van der Waals surface area contributed by atoms with Gasteiger partial charge in [0.05, 0.1) is 10.6 Å². The summed E-state index contributed by atoms with van der Waals surface area (Å²) < 4.78 is 35.7. The van der Waals surface area contributed by atoms with Crippen molar-refractivity contribution in [3.63, 3.8) is 0 Å². The molecular formula is C12H19FN2O2S. The molecule has 0 aromatic heterocycles. The molecule has 3 N–H and O–H groups in total. The molecule has 0 fully saturated rings. The van der Waals surface area contributed by atoms with Gasteiger partial charge < -0.3 is 5.32 Å². The molecule has 0 unspecified atom stereocenters. The summed E-state index contributed by atoms with van der Waals surface area (Å²) in [6, 6.07) is 3.63. The van der Waals surface area contributed by atoms with Gasteiger partial charge in [0.2, 0.25) is 10.0 Å². The molecule has 18 heavy (non-hydrogen) atoms. The highest BCUT2D eigenvalue weighted by atomic mass is 32.2. The molecule has 6 heteroatoms. The fourth-order valence-electron chi connectivity index (χ4n) is 1.65. The summed E-state index contributed by atoms with van der Waals surface area (Å²) in [6.07, 6.45) is 2.03. The van der Waals surface area contributed by atoms with Gasteiger partial charge >= 0.3 is 0 Å². The highest BCUT2D eigenvalue weighted by molar-refractivity contribution is 7.89. The molecule has 0 aliphatic rings. The van der Waals surface area contributed by atoms with E-state index in [9.17, 15) is 12.8 Å². The number of benzene rings is 1. The Morgan fingerprint density at radius 2 is 1.94 bits per heavy atom. The van der Waals surface area contributed by atoms with Crippen LogP contribution in [-0.2, 0) is 10.0 Å². The van der Waals surface area contributed by atoms with Crippen LogP contribution >= 0.6 is 0 Å². The molecule has 0 heterocycles. The lowest BCUT2D eigenvalue weighted by molar-refractivity contribution is 0.516. The van der Waals surface area contributed by atoms with Gasteiger partial charge in [0.25, 0.3) is 0 Å². The van der Waals surface area contributed by atoms with Gasteiger partial charge in [-0.3, -0.25) is 0 Å². The second-order valence-corrected chi connectivity index (χ2v) is 5.81. The van der Waals surface area contributed by atoms with Gasteiger partial charge in [-0.15, -0.1) is 0 Å². The Morgan fingerprint density at radius 1 is 1.33 bits per heavy atom. The number of rotatable bonds is 6. The van der Waals surface area contributed by atoms with Crippen molar-refractivity contribution >= 4 is 15.7 Å². The Balaban J connectivity index is 2.81. The molecule has 0 bridgehead atoms. The third-order valence-electron chi connectivity index (χ3n) is 3.00. The lowest BCUT2D eigenvalue weighted by Crippen LogP contribution is -2.15. The largest absolute Gasteiger partial charge is 0.382 e. The quantitative estimate of drug-likeness (QED) is 0.836. The summed E-state index contributed by atoms with van der Waals surface area (Å²) in [5.41, 5.74) is 0.300. The van der Waals surface area contributed by atoms with E-state index in [1.807, 2.05) is 0 Å². The van der Waals surface area contributed by atoms with E-state index < -0.39 is 15.8 Å². The van der Waals surface area contributed by atoms with Gasteiger partial charge in [-0.2, -0.15) is 0 Å². The molecule has 4 nitrogen and oxygen atoms in total. The number of nitrogens with one attached hydrogen (secondary N) is 1. The van der Waals surface area contributed by atoms with Crippen molar-refractivity contribution < 1.29 is 12.8 Å². The van der Waals surface area contributed by atoms with Crippen LogP contribution < -0.4 is 10.5 Å². The zero-order valence-corrected chi connectivity index (χ0v) is 11.4. The van der Waals surface area contributed by atoms with E-state index in [4.69, 9.17) is 5.14 Å². The first kappa shape index (κ1) is 14.9. The van der Waals surface area contributed by atoms with Crippen molar-refractivity contribution in [1.82, 2.24) is 0 Å². The molecule has 1 aromatic rings. The molecule has 0 aliphatic carbocycles. The van der Waals surface area contributed by atoms with E-state index in [0.717, 1.165) is 18.9 Å². The first-order chi connectivity index (χ1) is 8.38. The fourth-order valence-corrected chi connectivity index (χ4v) is 2.17. The van der Waals surface area contributed by atoms with Gasteiger partial charge in [-0.05, 0) is 24.1 Å². The SMILES string of the molecule is CCC(CC)CNc1ccc(S(N)(=O)=O)cc1F. The van der Waals surface area contributed by atoms with E-state index in [1.165, 1.54) is 12.1 Å². The van der Waals surface area contributed by atoms with Crippen LogP contribution in [0.5, 0.6) is 0 Å². The highest BCUT2D eigenvalue weighted by Gasteiger charge is 2.12. The van der Waals surface area contributed by atoms with E-state index in [1.54, 1.807) is 0 Å². The summed E-state index contributed by atoms with van der Waals surface area (Å²) in [5, 5.41) is 7.91. The Labute approximate surface area is 107 Å². The third-order valence-corrected chi connectivity index (χ3v) is 3.92. The number of nitrogens with two attached hydrogens (primary N) is 1. The molecule has 0 atom stereocenters. The predicted molar refractivity (Wildman–Crippen MR) is 70.3 cm³/mol. The first-order valence-corrected chi connectivity index (χ1v) is 7.49. The van der Waals surface area contributed by atoms with Crippen LogP contribution in [0.4, 0.5) is 10.1 Å². The van der Waals surface area contributed by atoms with E-state index in [2.05, 4.69) is 19.2 Å². The van der Waals surface area contributed by atoms with Crippen molar-refractivity contribution in [2.45, 2.75) is 31.6 Å². The van der Waals surface area contributed by atoms with Gasteiger partial charge in [0, 0.05) is 6.54 Å². The maximum atomic E-state index is 13.7. The Kier molecular flexibility index (Phi) is 5.10. The van der Waals surface area contributed by atoms with Crippen LogP contribution in [0.2, 0.25) is 0 Å². The van der Waals surface area contributed by atoms with Crippen molar-refractivity contribution in [2.75, 3.05) is 11.9 Å². The van der Waals surface area contributed by atoms with Crippen LogP contribution in [-0.4, -0.2) is 15.0 Å². The molecule has 0 aliphatic heterocycles. The number of primary sulfonamides is 1. The molecule has 0 radical (unpaired) electrons. The minimum atomic E-state index is -3.85. The standard InChI is InChI=1S/C12H19FN2O2S/c1-3-9(4-2)8-15-12-6-5-10(7-11(12)13)18(14,16)17/h5-7,9,15H,3-4,8H2,1-2H3,(H2,14,16,17). The summed E-state index contributed by atoms with van der Waals surface area (Å²) in [7, 11) is -3.85. The molecule has 102 valence electrons.